The lowest BCUT2D eigenvalue weighted by Crippen LogP contribution is -2.39. The van der Waals surface area contributed by atoms with E-state index in [0.717, 1.165) is 37.1 Å². The van der Waals surface area contributed by atoms with Crippen molar-refractivity contribution < 1.29 is 4.79 Å². The Morgan fingerprint density at radius 2 is 1.89 bits per heavy atom. The van der Waals surface area contributed by atoms with Gasteiger partial charge in [-0.15, -0.1) is 6.42 Å². The van der Waals surface area contributed by atoms with Crippen LogP contribution in [0.4, 0.5) is 0 Å². The average Bonchev–Trinajstić information content (AvgIpc) is 2.75. The lowest BCUT2D eigenvalue weighted by atomic mass is 10.1. The van der Waals surface area contributed by atoms with Crippen molar-refractivity contribution in [3.8, 4) is 12.3 Å². The van der Waals surface area contributed by atoms with Crippen LogP contribution in [0.15, 0.2) is 72.5 Å². The highest BCUT2D eigenvalue weighted by atomic mass is 35.5. The fourth-order valence-corrected chi connectivity index (χ4v) is 2.92. The van der Waals surface area contributed by atoms with Crippen LogP contribution in [0.25, 0.3) is 5.03 Å². The first-order valence-electron chi connectivity index (χ1n) is 9.39. The van der Waals surface area contributed by atoms with E-state index in [1.165, 1.54) is 6.42 Å². The Bertz CT molecular complexity index is 764. The molecule has 1 fully saturated rings. The number of likely N-dealkylation sites (tertiary alicyclic amines) is 1. The number of likely N-dealkylation sites (N-methyl/N-ethyl adjacent to an activating group) is 1. The van der Waals surface area contributed by atoms with Crippen LogP contribution in [0.2, 0.25) is 0 Å². The average molecular weight is 397 g/mol. The zero-order chi connectivity index (χ0) is 20.8. The molecule has 148 valence electrons. The van der Waals surface area contributed by atoms with Crippen molar-refractivity contribution >= 4 is 22.5 Å². The first-order valence-corrected chi connectivity index (χ1v) is 9.77. The Morgan fingerprint density at radius 3 is 2.43 bits per heavy atom. The molecule has 1 saturated heterocycles. The molecular formula is C24H29ClN2O. The van der Waals surface area contributed by atoms with Gasteiger partial charge in [-0.2, -0.15) is 0 Å². The van der Waals surface area contributed by atoms with Crippen LogP contribution in [0.1, 0.15) is 31.7 Å². The van der Waals surface area contributed by atoms with E-state index in [2.05, 4.69) is 17.8 Å². The monoisotopic (exact) mass is 396 g/mol. The summed E-state index contributed by atoms with van der Waals surface area (Å²) in [6.07, 6.45) is 15.5. The van der Waals surface area contributed by atoms with E-state index in [-0.39, 0.29) is 5.91 Å². The molecule has 4 heteroatoms. The van der Waals surface area contributed by atoms with Crippen LogP contribution < -0.4 is 5.32 Å². The highest BCUT2D eigenvalue weighted by Gasteiger charge is 2.22. The molecule has 1 aromatic carbocycles. The first-order chi connectivity index (χ1) is 13.5. The van der Waals surface area contributed by atoms with Gasteiger partial charge < -0.3 is 10.2 Å². The number of carbonyl (C=O) groups excluding carboxylic acids is 1. The van der Waals surface area contributed by atoms with Crippen molar-refractivity contribution in [3.05, 3.63) is 78.0 Å². The zero-order valence-corrected chi connectivity index (χ0v) is 17.5. The Labute approximate surface area is 174 Å². The fourth-order valence-electron chi connectivity index (χ4n) is 2.62. The molecule has 1 heterocycles. The predicted molar refractivity (Wildman–Crippen MR) is 121 cm³/mol. The van der Waals surface area contributed by atoms with Crippen molar-refractivity contribution in [1.82, 2.24) is 10.2 Å². The van der Waals surface area contributed by atoms with Gasteiger partial charge in [0.05, 0.1) is 5.03 Å². The number of rotatable bonds is 5. The Balaban J connectivity index is 0.000000370. The smallest absolute Gasteiger partial charge is 0.271 e. The summed E-state index contributed by atoms with van der Waals surface area (Å²) in [5, 5.41) is 3.44. The fraction of sp³-hybridized carbons (Fsp3) is 0.292. The summed E-state index contributed by atoms with van der Waals surface area (Å²) >= 11 is 6.36. The highest BCUT2D eigenvalue weighted by Crippen LogP contribution is 2.23. The van der Waals surface area contributed by atoms with E-state index in [4.69, 9.17) is 18.0 Å². The maximum absolute atomic E-state index is 12.5. The largest absolute Gasteiger partial charge is 0.382 e. The van der Waals surface area contributed by atoms with Gasteiger partial charge in [-0.05, 0) is 37.8 Å². The molecular weight excluding hydrogens is 368 g/mol. The summed E-state index contributed by atoms with van der Waals surface area (Å²) in [5.74, 6) is 2.38. The zero-order valence-electron chi connectivity index (χ0n) is 16.7. The van der Waals surface area contributed by atoms with Crippen molar-refractivity contribution in [3.63, 3.8) is 0 Å². The van der Waals surface area contributed by atoms with E-state index < -0.39 is 0 Å². The van der Waals surface area contributed by atoms with Crippen LogP contribution >= 0.6 is 11.6 Å². The van der Waals surface area contributed by atoms with E-state index in [0.29, 0.717) is 10.7 Å². The third-order valence-electron chi connectivity index (χ3n) is 4.23. The van der Waals surface area contributed by atoms with Gasteiger partial charge in [0, 0.05) is 20.1 Å². The number of piperidine rings is 1. The number of hydrogen-bond acceptors (Lipinski definition) is 2. The minimum atomic E-state index is -0.00365. The molecule has 0 saturated carbocycles. The lowest BCUT2D eigenvalue weighted by Gasteiger charge is -2.28. The molecule has 0 unspecified atom stereocenters. The van der Waals surface area contributed by atoms with Gasteiger partial charge in [-0.25, -0.2) is 0 Å². The van der Waals surface area contributed by atoms with Crippen LogP contribution in [0.3, 0.4) is 0 Å². The van der Waals surface area contributed by atoms with Crippen molar-refractivity contribution in [2.45, 2.75) is 26.2 Å². The molecule has 0 radical (unpaired) electrons. The van der Waals surface area contributed by atoms with Gasteiger partial charge in [0.15, 0.2) is 0 Å². The SMILES string of the molecule is C#C/C=C\C=C(/C)C=C.CN/C(C(=O)N1CCCCC1)=C(/Cl)c1ccccc1. The second-order valence-corrected chi connectivity index (χ2v) is 6.68. The summed E-state index contributed by atoms with van der Waals surface area (Å²) < 4.78 is 0. The summed E-state index contributed by atoms with van der Waals surface area (Å²) in [6.45, 7) is 7.20. The van der Waals surface area contributed by atoms with Crippen LogP contribution in [0, 0.1) is 12.3 Å². The lowest BCUT2D eigenvalue weighted by molar-refractivity contribution is -0.128. The number of terminal acetylenes is 1. The Morgan fingerprint density at radius 1 is 1.25 bits per heavy atom. The van der Waals surface area contributed by atoms with E-state index in [9.17, 15) is 4.79 Å². The highest BCUT2D eigenvalue weighted by molar-refractivity contribution is 6.51. The third-order valence-corrected chi connectivity index (χ3v) is 4.63. The molecule has 0 aromatic heterocycles. The standard InChI is InChI=1S/C15H19ClN2O.C9H10/c1-17-14(13(16)12-8-4-2-5-9-12)15(19)18-10-6-3-7-11-18;1-4-6-7-8-9(3)5-2/h2,4-5,8-9,17H,3,6-7,10-11H2,1H3;1,5-8H,2H2,3H3/b14-13+;7-6-,9-8+. The van der Waals surface area contributed by atoms with Gasteiger partial charge in [0.1, 0.15) is 5.70 Å². The maximum Gasteiger partial charge on any atom is 0.271 e. The number of benzene rings is 1. The number of amides is 1. The van der Waals surface area contributed by atoms with E-state index >= 15 is 0 Å². The molecule has 0 aliphatic carbocycles. The van der Waals surface area contributed by atoms with Crippen LogP contribution in [-0.4, -0.2) is 30.9 Å². The van der Waals surface area contributed by atoms with E-state index in [1.54, 1.807) is 19.2 Å². The molecule has 0 atom stereocenters. The number of halogens is 1. The summed E-state index contributed by atoms with van der Waals surface area (Å²) in [5.41, 5.74) is 2.45. The number of carbonyl (C=O) groups is 1. The van der Waals surface area contributed by atoms with Gasteiger partial charge >= 0.3 is 0 Å². The molecule has 1 aliphatic rings. The molecule has 28 heavy (non-hydrogen) atoms. The number of allylic oxidation sites excluding steroid dienone is 5. The molecule has 1 N–H and O–H groups in total. The van der Waals surface area contributed by atoms with Gasteiger partial charge in [0.25, 0.3) is 5.91 Å². The van der Waals surface area contributed by atoms with Crippen molar-refractivity contribution in [2.24, 2.45) is 0 Å². The molecule has 2 rings (SSSR count). The number of nitrogens with one attached hydrogen (secondary N) is 1. The Hall–Kier alpha value is -2.70. The van der Waals surface area contributed by atoms with E-state index in [1.807, 2.05) is 54.3 Å². The molecule has 3 nitrogen and oxygen atoms in total. The summed E-state index contributed by atoms with van der Waals surface area (Å²) in [7, 11) is 1.74. The van der Waals surface area contributed by atoms with Gasteiger partial charge in [-0.3, -0.25) is 4.79 Å². The topological polar surface area (TPSA) is 32.3 Å². The first kappa shape index (κ1) is 23.3. The molecule has 1 aliphatic heterocycles. The Kier molecular flexibility index (Phi) is 11.2. The maximum atomic E-state index is 12.5. The quantitative estimate of drug-likeness (QED) is 0.425. The molecule has 0 spiro atoms. The number of hydrogen-bond donors (Lipinski definition) is 1. The van der Waals surface area contributed by atoms with Crippen molar-refractivity contribution in [2.75, 3.05) is 20.1 Å². The van der Waals surface area contributed by atoms with Gasteiger partial charge in [-0.1, -0.05) is 78.2 Å². The predicted octanol–water partition coefficient (Wildman–Crippen LogP) is 5.13. The summed E-state index contributed by atoms with van der Waals surface area (Å²) in [4.78, 5) is 14.3. The van der Waals surface area contributed by atoms with Gasteiger partial charge in [0.2, 0.25) is 0 Å². The second-order valence-electron chi connectivity index (χ2n) is 6.30. The molecule has 1 amide bonds. The number of nitrogens with zero attached hydrogens (tertiary/aromatic N) is 1. The third kappa shape index (κ3) is 7.90. The normalized spacial score (nSPS) is 15.1. The minimum Gasteiger partial charge on any atom is -0.382 e. The van der Waals surface area contributed by atoms with Crippen LogP contribution in [0.5, 0.6) is 0 Å². The van der Waals surface area contributed by atoms with Crippen LogP contribution in [-0.2, 0) is 4.79 Å². The minimum absolute atomic E-state index is 0.00365. The molecule has 0 bridgehead atoms. The van der Waals surface area contributed by atoms with Crippen molar-refractivity contribution in [1.29, 1.82) is 0 Å². The second kappa shape index (κ2) is 13.5. The summed E-state index contributed by atoms with van der Waals surface area (Å²) in [6, 6.07) is 9.57. The molecule has 1 aromatic rings.